The van der Waals surface area contributed by atoms with Gasteiger partial charge in [-0.1, -0.05) is 78.6 Å². The number of hydrogen-bond acceptors (Lipinski definition) is 4. The summed E-state index contributed by atoms with van der Waals surface area (Å²) in [4.78, 5) is 23.6. The predicted molar refractivity (Wildman–Crippen MR) is 107 cm³/mol. The molecule has 0 aliphatic carbocycles. The molecule has 0 fully saturated rings. The highest BCUT2D eigenvalue weighted by molar-refractivity contribution is 5.69. The summed E-state index contributed by atoms with van der Waals surface area (Å²) in [6.07, 6.45) is 14.2. The predicted octanol–water partition coefficient (Wildman–Crippen LogP) is 6.21. The Balaban J connectivity index is 3.83. The van der Waals surface area contributed by atoms with E-state index < -0.39 is 0 Å². The largest absolute Gasteiger partial charge is 0.465 e. The molecule has 0 spiro atoms. The van der Waals surface area contributed by atoms with Crippen LogP contribution in [0, 0.1) is 5.92 Å². The summed E-state index contributed by atoms with van der Waals surface area (Å²) in [5.41, 5.74) is 0. The molecule has 0 bridgehead atoms. The molecule has 0 heterocycles. The van der Waals surface area contributed by atoms with Crippen LogP contribution in [0.3, 0.4) is 0 Å². The van der Waals surface area contributed by atoms with Gasteiger partial charge in [0.2, 0.25) is 0 Å². The number of rotatable bonds is 18. The van der Waals surface area contributed by atoms with Crippen molar-refractivity contribution in [3.63, 3.8) is 0 Å². The molecule has 0 saturated carbocycles. The Morgan fingerprint density at radius 3 is 1.42 bits per heavy atom. The van der Waals surface area contributed by atoms with Crippen LogP contribution in [0.2, 0.25) is 0 Å². The van der Waals surface area contributed by atoms with Gasteiger partial charge in [-0.05, 0) is 19.3 Å². The first-order chi connectivity index (χ1) is 12.6. The summed E-state index contributed by atoms with van der Waals surface area (Å²) < 4.78 is 10.8. The molecule has 0 amide bonds. The van der Waals surface area contributed by atoms with Gasteiger partial charge in [0, 0.05) is 18.8 Å². The van der Waals surface area contributed by atoms with Gasteiger partial charge in [-0.2, -0.15) is 0 Å². The Kier molecular flexibility index (Phi) is 18.0. The van der Waals surface area contributed by atoms with Gasteiger partial charge in [0.25, 0.3) is 0 Å². The van der Waals surface area contributed by atoms with Gasteiger partial charge >= 0.3 is 11.9 Å². The Bertz CT molecular complexity index is 311. The average molecular weight is 371 g/mol. The van der Waals surface area contributed by atoms with Crippen molar-refractivity contribution in [2.45, 2.75) is 111 Å². The number of hydrogen-bond donors (Lipinski definition) is 0. The molecule has 0 radical (unpaired) electrons. The average Bonchev–Trinajstić information content (AvgIpc) is 2.63. The zero-order valence-corrected chi connectivity index (χ0v) is 17.5. The van der Waals surface area contributed by atoms with E-state index in [-0.39, 0.29) is 17.9 Å². The van der Waals surface area contributed by atoms with E-state index in [4.69, 9.17) is 9.47 Å². The minimum Gasteiger partial charge on any atom is -0.465 e. The fourth-order valence-corrected chi connectivity index (χ4v) is 2.93. The van der Waals surface area contributed by atoms with Crippen LogP contribution < -0.4 is 0 Å². The minimum atomic E-state index is -0.121. The second-order valence-corrected chi connectivity index (χ2v) is 7.35. The van der Waals surface area contributed by atoms with E-state index in [1.54, 1.807) is 0 Å². The van der Waals surface area contributed by atoms with E-state index in [0.717, 1.165) is 38.5 Å². The quantitative estimate of drug-likeness (QED) is 0.212. The highest BCUT2D eigenvalue weighted by Crippen LogP contribution is 2.12. The molecule has 0 atom stereocenters. The monoisotopic (exact) mass is 370 g/mol. The maximum absolute atomic E-state index is 11.8. The molecule has 26 heavy (non-hydrogen) atoms. The first-order valence-electron chi connectivity index (χ1n) is 10.9. The molecule has 0 aromatic carbocycles. The van der Waals surface area contributed by atoms with Crippen molar-refractivity contribution in [2.24, 2.45) is 5.92 Å². The number of carbonyl (C=O) groups is 2. The van der Waals surface area contributed by atoms with Crippen molar-refractivity contribution in [2.75, 3.05) is 13.2 Å². The van der Waals surface area contributed by atoms with Gasteiger partial charge in [0.05, 0.1) is 13.2 Å². The molecule has 0 unspecified atom stereocenters. The standard InChI is InChI=1S/C22H42O4/c1-4-7-9-11-13-16-21(23)25-18-20(15-6-3)19-26-22(24)17-14-12-10-8-5-2/h20H,4-19H2,1-3H3. The second kappa shape index (κ2) is 18.7. The number of esters is 2. The topological polar surface area (TPSA) is 52.6 Å². The lowest BCUT2D eigenvalue weighted by Crippen LogP contribution is -2.21. The van der Waals surface area contributed by atoms with Gasteiger partial charge in [-0.15, -0.1) is 0 Å². The van der Waals surface area contributed by atoms with Gasteiger partial charge in [-0.3, -0.25) is 9.59 Å². The molecule has 0 saturated heterocycles. The maximum Gasteiger partial charge on any atom is 0.305 e. The zero-order valence-electron chi connectivity index (χ0n) is 17.5. The van der Waals surface area contributed by atoms with E-state index in [0.29, 0.717) is 26.1 Å². The third kappa shape index (κ3) is 16.4. The summed E-state index contributed by atoms with van der Waals surface area (Å²) in [5, 5.41) is 0. The van der Waals surface area contributed by atoms with E-state index >= 15 is 0 Å². The SMILES string of the molecule is CCCCCCCC(=O)OCC(CCC)COC(=O)CCCCCCC. The lowest BCUT2D eigenvalue weighted by atomic mass is 10.1. The molecule has 0 N–H and O–H groups in total. The van der Waals surface area contributed by atoms with E-state index in [1.165, 1.54) is 38.5 Å². The Hall–Kier alpha value is -1.06. The van der Waals surface area contributed by atoms with E-state index in [2.05, 4.69) is 20.8 Å². The van der Waals surface area contributed by atoms with Crippen LogP contribution in [0.5, 0.6) is 0 Å². The second-order valence-electron chi connectivity index (χ2n) is 7.35. The summed E-state index contributed by atoms with van der Waals surface area (Å²) in [7, 11) is 0. The Morgan fingerprint density at radius 1 is 0.615 bits per heavy atom. The lowest BCUT2D eigenvalue weighted by Gasteiger charge is -2.16. The van der Waals surface area contributed by atoms with Crippen molar-refractivity contribution < 1.29 is 19.1 Å². The molecule has 0 aromatic rings. The van der Waals surface area contributed by atoms with E-state index in [9.17, 15) is 9.59 Å². The highest BCUT2D eigenvalue weighted by Gasteiger charge is 2.14. The summed E-state index contributed by atoms with van der Waals surface area (Å²) in [6.45, 7) is 7.19. The summed E-state index contributed by atoms with van der Waals surface area (Å²) in [5.74, 6) is -0.122. The Morgan fingerprint density at radius 2 is 1.04 bits per heavy atom. The van der Waals surface area contributed by atoms with Crippen molar-refractivity contribution in [1.29, 1.82) is 0 Å². The molecule has 0 aromatic heterocycles. The third-order valence-electron chi connectivity index (χ3n) is 4.63. The highest BCUT2D eigenvalue weighted by atomic mass is 16.5. The molecular weight excluding hydrogens is 328 g/mol. The van der Waals surface area contributed by atoms with Crippen LogP contribution in [-0.4, -0.2) is 25.2 Å². The number of unbranched alkanes of at least 4 members (excludes halogenated alkanes) is 8. The molecule has 4 nitrogen and oxygen atoms in total. The van der Waals surface area contributed by atoms with Crippen molar-refractivity contribution >= 4 is 11.9 Å². The fourth-order valence-electron chi connectivity index (χ4n) is 2.93. The van der Waals surface area contributed by atoms with Gasteiger partial charge in [0.1, 0.15) is 0 Å². The number of ether oxygens (including phenoxy) is 2. The molecule has 0 rings (SSSR count). The van der Waals surface area contributed by atoms with Crippen LogP contribution in [0.4, 0.5) is 0 Å². The molecule has 154 valence electrons. The van der Waals surface area contributed by atoms with Crippen LogP contribution in [0.15, 0.2) is 0 Å². The van der Waals surface area contributed by atoms with Crippen LogP contribution >= 0.6 is 0 Å². The van der Waals surface area contributed by atoms with Crippen LogP contribution in [0.25, 0.3) is 0 Å². The van der Waals surface area contributed by atoms with Gasteiger partial charge in [-0.25, -0.2) is 0 Å². The first kappa shape index (κ1) is 24.9. The maximum atomic E-state index is 11.8. The molecule has 0 aliphatic heterocycles. The smallest absolute Gasteiger partial charge is 0.305 e. The fraction of sp³-hybridized carbons (Fsp3) is 0.909. The molecule has 0 aliphatic rings. The first-order valence-corrected chi connectivity index (χ1v) is 10.9. The zero-order chi connectivity index (χ0) is 19.5. The lowest BCUT2D eigenvalue weighted by molar-refractivity contribution is -0.149. The van der Waals surface area contributed by atoms with Gasteiger partial charge in [0.15, 0.2) is 0 Å². The van der Waals surface area contributed by atoms with Crippen LogP contribution in [0.1, 0.15) is 111 Å². The summed E-state index contributed by atoms with van der Waals surface area (Å²) >= 11 is 0. The minimum absolute atomic E-state index is 0.119. The van der Waals surface area contributed by atoms with Crippen molar-refractivity contribution in [1.82, 2.24) is 0 Å². The van der Waals surface area contributed by atoms with Gasteiger partial charge < -0.3 is 9.47 Å². The molecule has 4 heteroatoms. The molecular formula is C22H42O4. The number of carbonyl (C=O) groups excluding carboxylic acids is 2. The normalized spacial score (nSPS) is 10.9. The Labute approximate surface area is 161 Å². The summed E-state index contributed by atoms with van der Waals surface area (Å²) in [6, 6.07) is 0. The van der Waals surface area contributed by atoms with Crippen molar-refractivity contribution in [3.8, 4) is 0 Å². The third-order valence-corrected chi connectivity index (χ3v) is 4.63. The van der Waals surface area contributed by atoms with Crippen molar-refractivity contribution in [3.05, 3.63) is 0 Å². The van der Waals surface area contributed by atoms with E-state index in [1.807, 2.05) is 0 Å². The van der Waals surface area contributed by atoms with Crippen LogP contribution in [-0.2, 0) is 19.1 Å².